The topological polar surface area (TPSA) is 233 Å². The molecular formula is C45H72FN3O18. The fourth-order valence-electron chi connectivity index (χ4n) is 6.29. The minimum atomic E-state index is -1.08. The number of rotatable bonds is 46. The molecule has 1 aromatic carbocycles. The van der Waals surface area contributed by atoms with Gasteiger partial charge in [0.15, 0.2) is 0 Å². The average Bonchev–Trinajstić information content (AvgIpc) is 3.57. The van der Waals surface area contributed by atoms with Crippen LogP contribution in [-0.2, 0) is 76.0 Å². The second-order valence-electron chi connectivity index (χ2n) is 14.7. The summed E-state index contributed by atoms with van der Waals surface area (Å²) in [5, 5.41) is 4.90. The van der Waals surface area contributed by atoms with Crippen molar-refractivity contribution in [3.63, 3.8) is 0 Å². The Morgan fingerprint density at radius 3 is 1.30 bits per heavy atom. The van der Waals surface area contributed by atoms with Gasteiger partial charge in [-0.2, -0.15) is 0 Å². The minimum absolute atomic E-state index is 0.0242. The zero-order valence-corrected chi connectivity index (χ0v) is 38.8. The predicted octanol–water partition coefficient (Wildman–Crippen LogP) is 1.77. The highest BCUT2D eigenvalue weighted by Gasteiger charge is 2.45. The van der Waals surface area contributed by atoms with Gasteiger partial charge in [0.05, 0.1) is 182 Å². The van der Waals surface area contributed by atoms with E-state index in [2.05, 4.69) is 10.6 Å². The quantitative estimate of drug-likeness (QED) is 0.0700. The first-order valence-electron chi connectivity index (χ1n) is 23.1. The molecule has 1 unspecified atom stereocenters. The molecule has 2 N–H and O–H groups in total. The second kappa shape index (κ2) is 39.3. The minimum Gasteiger partial charge on any atom is -0.379 e. The molecule has 22 heteroatoms. The number of nitrogens with one attached hydrogen (secondary N) is 2. The number of alkyl halides is 1. The molecule has 1 saturated heterocycles. The van der Waals surface area contributed by atoms with Crippen LogP contribution in [0.3, 0.4) is 0 Å². The van der Waals surface area contributed by atoms with Crippen molar-refractivity contribution in [3.8, 4) is 0 Å². The number of amides is 5. The molecule has 5 amide bonds. The van der Waals surface area contributed by atoms with Crippen molar-refractivity contribution < 1.29 is 89.9 Å². The van der Waals surface area contributed by atoms with E-state index in [0.29, 0.717) is 172 Å². The summed E-state index contributed by atoms with van der Waals surface area (Å²) in [7, 11) is 0. The number of fused-ring (bicyclic) bond motifs is 1. The lowest BCUT2D eigenvalue weighted by molar-refractivity contribution is -0.136. The molecule has 2 heterocycles. The standard InChI is InChI=1S/C45H72FN3O18/c46-10-12-56-14-16-58-18-20-60-22-24-62-26-28-64-30-32-66-34-36-67-35-33-65-31-29-63-27-25-61-23-21-59-19-17-57-15-13-55-11-3-1-2-7-40(50)47-38-6-4-5-37-42(38)45(54)49(44(37)53)39-8-9-41(51)48-43(39)52/h4-6,39H,1-3,7-36H2,(H,47,50)(H,48,51,52). The van der Waals surface area contributed by atoms with E-state index in [1.165, 1.54) is 6.07 Å². The lowest BCUT2D eigenvalue weighted by atomic mass is 10.0. The van der Waals surface area contributed by atoms with E-state index in [0.717, 1.165) is 17.7 Å². The number of hydrogen-bond donors (Lipinski definition) is 2. The van der Waals surface area contributed by atoms with Crippen molar-refractivity contribution in [2.75, 3.05) is 184 Å². The predicted molar refractivity (Wildman–Crippen MR) is 237 cm³/mol. The largest absolute Gasteiger partial charge is 0.379 e. The first-order valence-corrected chi connectivity index (χ1v) is 23.1. The van der Waals surface area contributed by atoms with Crippen LogP contribution >= 0.6 is 0 Å². The average molecular weight is 962 g/mol. The Hall–Kier alpha value is -3.62. The Morgan fingerprint density at radius 2 is 0.910 bits per heavy atom. The molecule has 1 fully saturated rings. The number of hydrogen-bond acceptors (Lipinski definition) is 18. The molecule has 0 aromatic heterocycles. The molecule has 2 aliphatic heterocycles. The summed E-state index contributed by atoms with van der Waals surface area (Å²) in [6, 6.07) is 3.52. The van der Waals surface area contributed by atoms with Crippen LogP contribution in [0.25, 0.3) is 0 Å². The van der Waals surface area contributed by atoms with Gasteiger partial charge in [-0.3, -0.25) is 34.2 Å². The van der Waals surface area contributed by atoms with Gasteiger partial charge in [-0.15, -0.1) is 0 Å². The molecule has 67 heavy (non-hydrogen) atoms. The van der Waals surface area contributed by atoms with E-state index in [1.807, 2.05) is 0 Å². The van der Waals surface area contributed by atoms with Crippen molar-refractivity contribution in [2.45, 2.75) is 44.6 Å². The zero-order valence-electron chi connectivity index (χ0n) is 38.8. The maximum atomic E-state index is 13.2. The lowest BCUT2D eigenvalue weighted by Gasteiger charge is -2.27. The Bertz CT molecular complexity index is 1510. The first kappa shape index (κ1) is 57.7. The van der Waals surface area contributed by atoms with Crippen LogP contribution < -0.4 is 10.6 Å². The van der Waals surface area contributed by atoms with Crippen LogP contribution in [0.5, 0.6) is 0 Å². The highest BCUT2D eigenvalue weighted by molar-refractivity contribution is 6.26. The SMILES string of the molecule is O=C1CCC(N2C(=O)c3cccc(NC(=O)CCCCCOCCOCCOCCOCCOCCOCCOCCOCCOCCOCCOCCOCCOCCF)c3C2=O)C(=O)N1. The summed E-state index contributed by atoms with van der Waals surface area (Å²) in [6.07, 6.45) is 2.42. The van der Waals surface area contributed by atoms with Gasteiger partial charge in [0, 0.05) is 19.4 Å². The Kier molecular flexibility index (Phi) is 33.8. The highest BCUT2D eigenvalue weighted by Crippen LogP contribution is 2.32. The van der Waals surface area contributed by atoms with Crippen molar-refractivity contribution in [3.05, 3.63) is 29.3 Å². The van der Waals surface area contributed by atoms with Crippen molar-refractivity contribution in [1.29, 1.82) is 0 Å². The van der Waals surface area contributed by atoms with Crippen molar-refractivity contribution in [1.82, 2.24) is 10.2 Å². The molecule has 382 valence electrons. The third-order valence-corrected chi connectivity index (χ3v) is 9.62. The summed E-state index contributed by atoms with van der Waals surface area (Å²) in [4.78, 5) is 63.6. The van der Waals surface area contributed by atoms with Gasteiger partial charge in [-0.05, 0) is 31.4 Å². The fourth-order valence-corrected chi connectivity index (χ4v) is 6.29. The van der Waals surface area contributed by atoms with Crippen LogP contribution in [-0.4, -0.2) is 219 Å². The summed E-state index contributed by atoms with van der Waals surface area (Å²) in [6.45, 7) is 11.1. The molecule has 0 saturated carbocycles. The number of carbonyl (C=O) groups excluding carboxylic acids is 5. The smallest absolute Gasteiger partial charge is 0.264 e. The maximum Gasteiger partial charge on any atom is 0.264 e. The molecule has 21 nitrogen and oxygen atoms in total. The van der Waals surface area contributed by atoms with E-state index < -0.39 is 36.3 Å². The highest BCUT2D eigenvalue weighted by atomic mass is 19.1. The van der Waals surface area contributed by atoms with Gasteiger partial charge in [0.1, 0.15) is 12.7 Å². The first-order chi connectivity index (χ1) is 32.9. The second-order valence-corrected chi connectivity index (χ2v) is 14.7. The van der Waals surface area contributed by atoms with E-state index in [-0.39, 0.29) is 48.6 Å². The van der Waals surface area contributed by atoms with Crippen LogP contribution in [0.2, 0.25) is 0 Å². The number of benzene rings is 1. The number of halogens is 1. The number of carbonyl (C=O) groups is 5. The molecule has 0 bridgehead atoms. The number of ether oxygens (including phenoxy) is 13. The Balaban J connectivity index is 0.960. The molecule has 1 atom stereocenters. The number of piperidine rings is 1. The Morgan fingerprint density at radius 1 is 0.522 bits per heavy atom. The summed E-state index contributed by atoms with van der Waals surface area (Å²) < 4.78 is 82.5. The fraction of sp³-hybridized carbons (Fsp3) is 0.756. The zero-order chi connectivity index (χ0) is 47.8. The third kappa shape index (κ3) is 26.6. The van der Waals surface area contributed by atoms with E-state index in [9.17, 15) is 28.4 Å². The molecule has 0 radical (unpaired) electrons. The molecule has 2 aliphatic rings. The van der Waals surface area contributed by atoms with E-state index >= 15 is 0 Å². The maximum absolute atomic E-state index is 13.2. The van der Waals surface area contributed by atoms with E-state index in [1.54, 1.807) is 12.1 Å². The van der Waals surface area contributed by atoms with E-state index in [4.69, 9.17) is 61.6 Å². The third-order valence-electron chi connectivity index (χ3n) is 9.62. The molecule has 0 aliphatic carbocycles. The number of imide groups is 2. The number of nitrogens with zero attached hydrogens (tertiary/aromatic N) is 1. The normalized spacial score (nSPS) is 14.9. The Labute approximate surface area is 392 Å². The lowest BCUT2D eigenvalue weighted by Crippen LogP contribution is -2.54. The van der Waals surface area contributed by atoms with Gasteiger partial charge in [0.25, 0.3) is 11.8 Å². The van der Waals surface area contributed by atoms with Gasteiger partial charge in [-0.1, -0.05) is 12.5 Å². The summed E-state index contributed by atoms with van der Waals surface area (Å²) >= 11 is 0. The summed E-state index contributed by atoms with van der Waals surface area (Å²) in [5.41, 5.74) is 0.369. The molecule has 1 aromatic rings. The van der Waals surface area contributed by atoms with Gasteiger partial charge >= 0.3 is 0 Å². The van der Waals surface area contributed by atoms with Crippen LogP contribution in [0, 0.1) is 0 Å². The van der Waals surface area contributed by atoms with Crippen LogP contribution in [0.4, 0.5) is 10.1 Å². The van der Waals surface area contributed by atoms with Crippen LogP contribution in [0.1, 0.15) is 59.2 Å². The summed E-state index contributed by atoms with van der Waals surface area (Å²) in [5.74, 6) is -2.74. The molecule has 3 rings (SSSR count). The number of anilines is 1. The van der Waals surface area contributed by atoms with Crippen LogP contribution in [0.15, 0.2) is 18.2 Å². The van der Waals surface area contributed by atoms with Crippen molar-refractivity contribution >= 4 is 35.2 Å². The molecular weight excluding hydrogens is 889 g/mol. The van der Waals surface area contributed by atoms with Crippen molar-refractivity contribution in [2.24, 2.45) is 0 Å². The molecule has 0 spiro atoms. The van der Waals surface area contributed by atoms with Gasteiger partial charge in [0.2, 0.25) is 17.7 Å². The van der Waals surface area contributed by atoms with Gasteiger partial charge in [-0.25, -0.2) is 4.39 Å². The number of unbranched alkanes of at least 4 members (excludes halogenated alkanes) is 2. The van der Waals surface area contributed by atoms with Gasteiger partial charge < -0.3 is 66.9 Å². The monoisotopic (exact) mass is 961 g/mol.